The Bertz CT molecular complexity index is 1320. The number of nitrogens with zero attached hydrogens (tertiary/aromatic N) is 2. The molecule has 168 valence electrons. The number of carbonyl (C=O) groups excluding carboxylic acids is 1. The van der Waals surface area contributed by atoms with Gasteiger partial charge in [-0.2, -0.15) is 0 Å². The lowest BCUT2D eigenvalue weighted by atomic mass is 9.93. The summed E-state index contributed by atoms with van der Waals surface area (Å²) in [4.78, 5) is 18.2. The predicted molar refractivity (Wildman–Crippen MR) is 127 cm³/mol. The number of halogens is 1. The second-order valence-corrected chi connectivity index (χ2v) is 9.50. The SMILES string of the molecule is COC(=O)C1(O)CN(Cc2ccc(-c3nc4cc(Cc5ccccc5)ccc4s3)c(F)c2)C1. The van der Waals surface area contributed by atoms with Gasteiger partial charge in [0.05, 0.1) is 17.3 Å². The summed E-state index contributed by atoms with van der Waals surface area (Å²) in [6.07, 6.45) is 0.828. The number of aliphatic hydroxyl groups is 1. The van der Waals surface area contributed by atoms with E-state index in [1.54, 1.807) is 6.07 Å². The minimum absolute atomic E-state index is 0.173. The standard InChI is InChI=1S/C26H23FN2O3S/c1-32-25(30)26(31)15-29(16-26)14-19-7-9-20(21(27)12-19)24-28-22-13-18(8-10-23(22)33-24)11-17-5-3-2-4-6-17/h2-10,12-13,31H,11,14-16H2,1H3. The lowest BCUT2D eigenvalue weighted by Gasteiger charge is -2.44. The van der Waals surface area contributed by atoms with Crippen LogP contribution in [0.4, 0.5) is 4.39 Å². The van der Waals surface area contributed by atoms with E-state index in [9.17, 15) is 14.3 Å². The number of ether oxygens (including phenoxy) is 1. The Hall–Kier alpha value is -3.13. The van der Waals surface area contributed by atoms with E-state index in [2.05, 4.69) is 29.0 Å². The second kappa shape index (κ2) is 8.67. The topological polar surface area (TPSA) is 62.7 Å². The molecule has 5 nitrogen and oxygen atoms in total. The molecular formula is C26H23FN2O3S. The van der Waals surface area contributed by atoms with Gasteiger partial charge in [0.25, 0.3) is 0 Å². The summed E-state index contributed by atoms with van der Waals surface area (Å²) < 4.78 is 20.6. The molecule has 0 bridgehead atoms. The van der Waals surface area contributed by atoms with Crippen molar-refractivity contribution in [2.75, 3.05) is 20.2 Å². The average molecular weight is 463 g/mol. The molecule has 0 aliphatic carbocycles. The molecule has 1 saturated heterocycles. The van der Waals surface area contributed by atoms with E-state index >= 15 is 0 Å². The first-order valence-corrected chi connectivity index (χ1v) is 11.5. The first-order chi connectivity index (χ1) is 15.9. The molecule has 0 radical (unpaired) electrons. The first kappa shape index (κ1) is 21.7. The van der Waals surface area contributed by atoms with Crippen LogP contribution >= 0.6 is 11.3 Å². The molecule has 0 saturated carbocycles. The summed E-state index contributed by atoms with van der Waals surface area (Å²) in [7, 11) is 1.25. The number of rotatable bonds is 6. The van der Waals surface area contributed by atoms with Crippen molar-refractivity contribution in [1.82, 2.24) is 9.88 Å². The number of hydrogen-bond acceptors (Lipinski definition) is 6. The molecule has 33 heavy (non-hydrogen) atoms. The predicted octanol–water partition coefficient (Wildman–Crippen LogP) is 4.41. The molecule has 0 atom stereocenters. The zero-order valence-electron chi connectivity index (χ0n) is 18.1. The van der Waals surface area contributed by atoms with Gasteiger partial charge < -0.3 is 9.84 Å². The van der Waals surface area contributed by atoms with E-state index < -0.39 is 11.6 Å². The minimum atomic E-state index is -1.46. The summed E-state index contributed by atoms with van der Waals surface area (Å²) in [5.74, 6) is -0.970. The average Bonchev–Trinajstić information content (AvgIpc) is 3.21. The number of hydrogen-bond donors (Lipinski definition) is 1. The van der Waals surface area contributed by atoms with Crippen LogP contribution in [0.5, 0.6) is 0 Å². The van der Waals surface area contributed by atoms with Crippen molar-refractivity contribution >= 4 is 27.5 Å². The van der Waals surface area contributed by atoms with Crippen molar-refractivity contribution in [2.45, 2.75) is 18.6 Å². The summed E-state index contributed by atoms with van der Waals surface area (Å²) >= 11 is 1.47. The third kappa shape index (κ3) is 4.39. The van der Waals surface area contributed by atoms with E-state index in [0.29, 0.717) is 17.1 Å². The fourth-order valence-electron chi connectivity index (χ4n) is 4.24. The van der Waals surface area contributed by atoms with Crippen LogP contribution in [0.2, 0.25) is 0 Å². The number of fused-ring (bicyclic) bond motifs is 1. The molecule has 7 heteroatoms. The smallest absolute Gasteiger partial charge is 0.340 e. The molecule has 1 fully saturated rings. The van der Waals surface area contributed by atoms with E-state index in [4.69, 9.17) is 4.98 Å². The number of likely N-dealkylation sites (tertiary alicyclic amines) is 1. The highest BCUT2D eigenvalue weighted by molar-refractivity contribution is 7.21. The summed E-state index contributed by atoms with van der Waals surface area (Å²) in [5, 5.41) is 10.8. The highest BCUT2D eigenvalue weighted by Crippen LogP contribution is 2.33. The highest BCUT2D eigenvalue weighted by atomic mass is 32.1. The van der Waals surface area contributed by atoms with Crippen LogP contribution in [-0.4, -0.2) is 46.8 Å². The van der Waals surface area contributed by atoms with Crippen molar-refractivity contribution in [3.63, 3.8) is 0 Å². The first-order valence-electron chi connectivity index (χ1n) is 10.7. The Kier molecular flexibility index (Phi) is 5.70. The fourth-order valence-corrected chi connectivity index (χ4v) is 5.22. The molecule has 0 spiro atoms. The maximum atomic E-state index is 15.0. The van der Waals surface area contributed by atoms with Crippen LogP contribution in [0.1, 0.15) is 16.7 Å². The van der Waals surface area contributed by atoms with Gasteiger partial charge in [0.1, 0.15) is 10.8 Å². The Labute approximate surface area is 195 Å². The number of β-amino-alcohol motifs (C(OH)–C–C–N with tert-alkyl or cyclic N) is 1. The lowest BCUT2D eigenvalue weighted by molar-refractivity contribution is -0.182. The zero-order valence-corrected chi connectivity index (χ0v) is 18.9. The normalized spacial score (nSPS) is 15.4. The quantitative estimate of drug-likeness (QED) is 0.430. The summed E-state index contributed by atoms with van der Waals surface area (Å²) in [6.45, 7) is 0.789. The van der Waals surface area contributed by atoms with Gasteiger partial charge in [-0.1, -0.05) is 42.5 Å². The van der Waals surface area contributed by atoms with Gasteiger partial charge in [-0.15, -0.1) is 11.3 Å². The minimum Gasteiger partial charge on any atom is -0.467 e. The lowest BCUT2D eigenvalue weighted by Crippen LogP contribution is -2.65. The summed E-state index contributed by atoms with van der Waals surface area (Å²) in [6, 6.07) is 21.6. The van der Waals surface area contributed by atoms with E-state index in [0.717, 1.165) is 22.2 Å². The Morgan fingerprint density at radius 3 is 2.58 bits per heavy atom. The highest BCUT2D eigenvalue weighted by Gasteiger charge is 2.48. The largest absolute Gasteiger partial charge is 0.467 e. The molecule has 0 amide bonds. The maximum absolute atomic E-state index is 15.0. The maximum Gasteiger partial charge on any atom is 0.340 e. The summed E-state index contributed by atoms with van der Waals surface area (Å²) in [5.41, 5.74) is 3.06. The number of benzene rings is 3. The van der Waals surface area contributed by atoms with Crippen LogP contribution in [0.25, 0.3) is 20.8 Å². The third-order valence-corrected chi connectivity index (χ3v) is 6.98. The van der Waals surface area contributed by atoms with Crippen LogP contribution < -0.4 is 0 Å². The van der Waals surface area contributed by atoms with Crippen molar-refractivity contribution in [3.8, 4) is 10.6 Å². The van der Waals surface area contributed by atoms with Crippen LogP contribution in [0.3, 0.4) is 0 Å². The molecule has 1 aliphatic heterocycles. The van der Waals surface area contributed by atoms with Crippen molar-refractivity contribution in [1.29, 1.82) is 0 Å². The molecule has 1 aromatic heterocycles. The van der Waals surface area contributed by atoms with E-state index in [1.807, 2.05) is 35.2 Å². The molecule has 1 N–H and O–H groups in total. The van der Waals surface area contributed by atoms with Crippen LogP contribution in [0, 0.1) is 5.82 Å². The third-order valence-electron chi connectivity index (χ3n) is 5.91. The number of carbonyl (C=O) groups is 1. The molecule has 2 heterocycles. The number of methoxy groups -OCH3 is 1. The molecule has 1 aliphatic rings. The number of aromatic nitrogens is 1. The second-order valence-electron chi connectivity index (χ2n) is 8.47. The van der Waals surface area contributed by atoms with Crippen molar-refractivity contribution in [2.24, 2.45) is 0 Å². The van der Waals surface area contributed by atoms with Gasteiger partial charge >= 0.3 is 5.97 Å². The van der Waals surface area contributed by atoms with Crippen LogP contribution in [-0.2, 0) is 22.5 Å². The van der Waals surface area contributed by atoms with E-state index in [1.165, 1.54) is 35.6 Å². The van der Waals surface area contributed by atoms with Gasteiger partial charge in [-0.25, -0.2) is 14.2 Å². The Balaban J connectivity index is 1.31. The van der Waals surface area contributed by atoms with Crippen LogP contribution in [0.15, 0.2) is 66.7 Å². The molecule has 0 unspecified atom stereocenters. The van der Waals surface area contributed by atoms with Gasteiger partial charge in [0, 0.05) is 25.2 Å². The Morgan fingerprint density at radius 2 is 1.85 bits per heavy atom. The molecule has 4 aromatic rings. The van der Waals surface area contributed by atoms with Crippen molar-refractivity contribution in [3.05, 3.63) is 89.2 Å². The molecule has 3 aromatic carbocycles. The van der Waals surface area contributed by atoms with Gasteiger partial charge in [0.2, 0.25) is 0 Å². The monoisotopic (exact) mass is 462 g/mol. The molecular weight excluding hydrogens is 439 g/mol. The Morgan fingerprint density at radius 1 is 1.09 bits per heavy atom. The fraction of sp³-hybridized carbons (Fsp3) is 0.231. The van der Waals surface area contributed by atoms with E-state index in [-0.39, 0.29) is 18.9 Å². The zero-order chi connectivity index (χ0) is 23.0. The molecule has 5 rings (SSSR count). The van der Waals surface area contributed by atoms with Gasteiger partial charge in [-0.05, 0) is 47.4 Å². The van der Waals surface area contributed by atoms with Gasteiger partial charge in [0.15, 0.2) is 5.60 Å². The number of esters is 1. The number of thiazole rings is 1. The van der Waals surface area contributed by atoms with Gasteiger partial charge in [-0.3, -0.25) is 4.90 Å². The van der Waals surface area contributed by atoms with Crippen molar-refractivity contribution < 1.29 is 19.0 Å².